The SMILES string of the molecule is CCc1cc(CCNC)n(CC)n1. The zero-order valence-electron chi connectivity index (χ0n) is 8.80. The van der Waals surface area contributed by atoms with Gasteiger partial charge in [-0.05, 0) is 26.5 Å². The fourth-order valence-electron chi connectivity index (χ4n) is 1.42. The fraction of sp³-hybridized carbons (Fsp3) is 0.700. The molecule has 0 aliphatic heterocycles. The Hall–Kier alpha value is -0.830. The van der Waals surface area contributed by atoms with E-state index in [-0.39, 0.29) is 0 Å². The molecule has 0 saturated heterocycles. The molecule has 0 fully saturated rings. The number of likely N-dealkylation sites (N-methyl/N-ethyl adjacent to an activating group) is 1. The van der Waals surface area contributed by atoms with Crippen molar-refractivity contribution in [2.75, 3.05) is 13.6 Å². The molecule has 0 aromatic carbocycles. The van der Waals surface area contributed by atoms with Gasteiger partial charge in [0.2, 0.25) is 0 Å². The van der Waals surface area contributed by atoms with Crippen molar-refractivity contribution in [1.82, 2.24) is 15.1 Å². The Balaban J connectivity index is 2.71. The maximum Gasteiger partial charge on any atom is 0.0624 e. The normalized spacial score (nSPS) is 10.7. The Kier molecular flexibility index (Phi) is 3.96. The van der Waals surface area contributed by atoms with Crippen molar-refractivity contribution < 1.29 is 0 Å². The van der Waals surface area contributed by atoms with Gasteiger partial charge < -0.3 is 5.32 Å². The van der Waals surface area contributed by atoms with Gasteiger partial charge in [-0.15, -0.1) is 0 Å². The van der Waals surface area contributed by atoms with Gasteiger partial charge >= 0.3 is 0 Å². The number of aryl methyl sites for hydroxylation is 2. The molecule has 74 valence electrons. The molecule has 3 nitrogen and oxygen atoms in total. The van der Waals surface area contributed by atoms with E-state index in [1.54, 1.807) is 0 Å². The zero-order chi connectivity index (χ0) is 9.68. The standard InChI is InChI=1S/C10H19N3/c1-4-9-8-10(6-7-11-3)13(5-2)12-9/h8,11H,4-7H2,1-3H3. The van der Waals surface area contributed by atoms with Gasteiger partial charge in [-0.2, -0.15) is 5.10 Å². The van der Waals surface area contributed by atoms with E-state index >= 15 is 0 Å². The van der Waals surface area contributed by atoms with E-state index in [0.29, 0.717) is 0 Å². The van der Waals surface area contributed by atoms with E-state index in [0.717, 1.165) is 25.9 Å². The highest BCUT2D eigenvalue weighted by molar-refractivity contribution is 5.10. The summed E-state index contributed by atoms with van der Waals surface area (Å²) in [7, 11) is 1.98. The molecule has 0 bridgehead atoms. The van der Waals surface area contributed by atoms with Crippen LogP contribution in [0.25, 0.3) is 0 Å². The summed E-state index contributed by atoms with van der Waals surface area (Å²) >= 11 is 0. The van der Waals surface area contributed by atoms with Crippen molar-refractivity contribution in [2.45, 2.75) is 33.2 Å². The van der Waals surface area contributed by atoms with Crippen LogP contribution in [0.4, 0.5) is 0 Å². The molecule has 3 heteroatoms. The topological polar surface area (TPSA) is 29.9 Å². The Morgan fingerprint density at radius 3 is 2.77 bits per heavy atom. The van der Waals surface area contributed by atoms with Crippen LogP contribution in [0.5, 0.6) is 0 Å². The maximum atomic E-state index is 4.49. The third-order valence-electron chi connectivity index (χ3n) is 2.21. The van der Waals surface area contributed by atoms with E-state index in [1.165, 1.54) is 11.4 Å². The van der Waals surface area contributed by atoms with E-state index in [4.69, 9.17) is 0 Å². The minimum atomic E-state index is 0.971. The smallest absolute Gasteiger partial charge is 0.0624 e. The second-order valence-electron chi connectivity index (χ2n) is 3.15. The van der Waals surface area contributed by atoms with Gasteiger partial charge in [0.05, 0.1) is 5.69 Å². The summed E-state index contributed by atoms with van der Waals surface area (Å²) in [6.45, 7) is 6.27. The van der Waals surface area contributed by atoms with Crippen LogP contribution in [0, 0.1) is 0 Å². The number of hydrogen-bond acceptors (Lipinski definition) is 2. The van der Waals surface area contributed by atoms with Crippen molar-refractivity contribution in [1.29, 1.82) is 0 Å². The molecular weight excluding hydrogens is 162 g/mol. The average molecular weight is 181 g/mol. The zero-order valence-corrected chi connectivity index (χ0v) is 8.80. The van der Waals surface area contributed by atoms with Crippen LogP contribution in [0.1, 0.15) is 25.2 Å². The monoisotopic (exact) mass is 181 g/mol. The Morgan fingerprint density at radius 2 is 2.23 bits per heavy atom. The molecule has 1 heterocycles. The second kappa shape index (κ2) is 5.02. The molecule has 0 radical (unpaired) electrons. The first-order valence-corrected chi connectivity index (χ1v) is 5.02. The number of rotatable bonds is 5. The van der Waals surface area contributed by atoms with Gasteiger partial charge in [0.15, 0.2) is 0 Å². The first kappa shape index (κ1) is 10.3. The molecule has 1 N–H and O–H groups in total. The predicted molar refractivity (Wildman–Crippen MR) is 54.9 cm³/mol. The summed E-state index contributed by atoms with van der Waals surface area (Å²) in [6.07, 6.45) is 2.09. The fourth-order valence-corrected chi connectivity index (χ4v) is 1.42. The van der Waals surface area contributed by atoms with Gasteiger partial charge in [0, 0.05) is 25.2 Å². The first-order chi connectivity index (χ1) is 6.31. The van der Waals surface area contributed by atoms with Crippen molar-refractivity contribution in [3.8, 4) is 0 Å². The lowest BCUT2D eigenvalue weighted by Crippen LogP contribution is -2.13. The molecule has 0 aliphatic rings. The third kappa shape index (κ3) is 2.56. The summed E-state index contributed by atoms with van der Waals surface area (Å²) in [6, 6.07) is 2.21. The van der Waals surface area contributed by atoms with E-state index in [2.05, 4.69) is 35.0 Å². The van der Waals surface area contributed by atoms with E-state index in [1.807, 2.05) is 7.05 Å². The molecule has 0 spiro atoms. The van der Waals surface area contributed by atoms with Gasteiger partial charge in [0.25, 0.3) is 0 Å². The molecular formula is C10H19N3. The summed E-state index contributed by atoms with van der Waals surface area (Å²) in [5, 5.41) is 7.64. The Labute approximate surface area is 80.1 Å². The van der Waals surface area contributed by atoms with Crippen LogP contribution >= 0.6 is 0 Å². The lowest BCUT2D eigenvalue weighted by molar-refractivity contribution is 0.604. The number of aromatic nitrogens is 2. The van der Waals surface area contributed by atoms with Crippen LogP contribution in [0.15, 0.2) is 6.07 Å². The summed E-state index contributed by atoms with van der Waals surface area (Å²) in [4.78, 5) is 0. The minimum absolute atomic E-state index is 0.971. The van der Waals surface area contributed by atoms with Crippen molar-refractivity contribution in [2.24, 2.45) is 0 Å². The van der Waals surface area contributed by atoms with Gasteiger partial charge in [-0.1, -0.05) is 6.92 Å². The average Bonchev–Trinajstić information content (AvgIpc) is 2.57. The molecule has 0 unspecified atom stereocenters. The summed E-state index contributed by atoms with van der Waals surface area (Å²) in [5.74, 6) is 0. The van der Waals surface area contributed by atoms with Gasteiger partial charge in [-0.25, -0.2) is 0 Å². The van der Waals surface area contributed by atoms with E-state index < -0.39 is 0 Å². The lowest BCUT2D eigenvalue weighted by Gasteiger charge is -2.02. The molecule has 1 aromatic rings. The molecule has 0 aliphatic carbocycles. The minimum Gasteiger partial charge on any atom is -0.319 e. The molecule has 0 atom stereocenters. The van der Waals surface area contributed by atoms with Crippen LogP contribution in [-0.4, -0.2) is 23.4 Å². The molecule has 0 saturated carbocycles. The molecule has 1 aromatic heterocycles. The number of nitrogens with one attached hydrogen (secondary N) is 1. The van der Waals surface area contributed by atoms with Crippen molar-refractivity contribution >= 4 is 0 Å². The van der Waals surface area contributed by atoms with Gasteiger partial charge in [0.1, 0.15) is 0 Å². The highest BCUT2D eigenvalue weighted by Crippen LogP contribution is 2.05. The van der Waals surface area contributed by atoms with Crippen molar-refractivity contribution in [3.63, 3.8) is 0 Å². The number of nitrogens with zero attached hydrogens (tertiary/aromatic N) is 2. The summed E-state index contributed by atoms with van der Waals surface area (Å²) in [5.41, 5.74) is 2.54. The van der Waals surface area contributed by atoms with E-state index in [9.17, 15) is 0 Å². The number of hydrogen-bond donors (Lipinski definition) is 1. The maximum absolute atomic E-state index is 4.49. The lowest BCUT2D eigenvalue weighted by atomic mass is 10.2. The molecule has 0 amide bonds. The third-order valence-corrected chi connectivity index (χ3v) is 2.21. The highest BCUT2D eigenvalue weighted by atomic mass is 15.3. The van der Waals surface area contributed by atoms with Crippen LogP contribution in [-0.2, 0) is 19.4 Å². The predicted octanol–water partition coefficient (Wildman–Crippen LogP) is 1.23. The Morgan fingerprint density at radius 1 is 1.46 bits per heavy atom. The van der Waals surface area contributed by atoms with Gasteiger partial charge in [-0.3, -0.25) is 4.68 Å². The Bertz CT molecular complexity index is 253. The first-order valence-electron chi connectivity index (χ1n) is 5.02. The van der Waals surface area contributed by atoms with Crippen LogP contribution < -0.4 is 5.32 Å². The molecule has 1 rings (SSSR count). The largest absolute Gasteiger partial charge is 0.319 e. The van der Waals surface area contributed by atoms with Crippen molar-refractivity contribution in [3.05, 3.63) is 17.5 Å². The second-order valence-corrected chi connectivity index (χ2v) is 3.15. The quantitative estimate of drug-likeness (QED) is 0.740. The highest BCUT2D eigenvalue weighted by Gasteiger charge is 2.03. The van der Waals surface area contributed by atoms with Crippen LogP contribution in [0.3, 0.4) is 0 Å². The molecule has 13 heavy (non-hydrogen) atoms. The van der Waals surface area contributed by atoms with Crippen LogP contribution in [0.2, 0.25) is 0 Å². The summed E-state index contributed by atoms with van der Waals surface area (Å²) < 4.78 is 2.09.